The Morgan fingerprint density at radius 1 is 1.40 bits per heavy atom. The highest BCUT2D eigenvalue weighted by molar-refractivity contribution is 9.10. The molecule has 0 fully saturated rings. The molecule has 112 valence electrons. The van der Waals surface area contributed by atoms with Gasteiger partial charge in [-0.05, 0) is 30.5 Å². The van der Waals surface area contributed by atoms with E-state index in [1.54, 1.807) is 6.92 Å². The largest absolute Gasteiger partial charge is 0.478 e. The molecule has 0 saturated carbocycles. The van der Waals surface area contributed by atoms with Crippen LogP contribution < -0.4 is 0 Å². The summed E-state index contributed by atoms with van der Waals surface area (Å²) in [5, 5.41) is 9.05. The van der Waals surface area contributed by atoms with E-state index in [1.165, 1.54) is 23.5 Å². The third kappa shape index (κ3) is 3.59. The summed E-state index contributed by atoms with van der Waals surface area (Å²) in [6, 6.07) is 2.60. The van der Waals surface area contributed by atoms with Crippen molar-refractivity contribution in [2.45, 2.75) is 25.7 Å². The number of carboxylic acids is 1. The van der Waals surface area contributed by atoms with Crippen molar-refractivity contribution in [1.29, 1.82) is 0 Å². The predicted octanol–water partition coefficient (Wildman–Crippen LogP) is 2.73. The van der Waals surface area contributed by atoms with Crippen LogP contribution in [0.3, 0.4) is 0 Å². The highest BCUT2D eigenvalue weighted by Crippen LogP contribution is 2.28. The van der Waals surface area contributed by atoms with Crippen LogP contribution in [0.2, 0.25) is 0 Å². The quantitative estimate of drug-likeness (QED) is 0.872. The summed E-state index contributed by atoms with van der Waals surface area (Å²) in [5.41, 5.74) is 0.449. The highest BCUT2D eigenvalue weighted by Gasteiger charge is 2.25. The first-order valence-electron chi connectivity index (χ1n) is 6.07. The smallest absolute Gasteiger partial charge is 0.335 e. The fourth-order valence-corrected chi connectivity index (χ4v) is 4.02. The molecule has 0 atom stereocenters. The van der Waals surface area contributed by atoms with E-state index in [0.717, 1.165) is 0 Å². The molecular weight excluding hydrogens is 346 g/mol. The molecule has 0 aliphatic heterocycles. The predicted molar refractivity (Wildman–Crippen MR) is 80.5 cm³/mol. The lowest BCUT2D eigenvalue weighted by Crippen LogP contribution is -2.31. The number of benzene rings is 1. The zero-order valence-electron chi connectivity index (χ0n) is 11.8. The summed E-state index contributed by atoms with van der Waals surface area (Å²) in [4.78, 5) is 11.1. The number of hydrogen-bond acceptors (Lipinski definition) is 3. The zero-order valence-corrected chi connectivity index (χ0v) is 14.2. The Labute approximate surface area is 127 Å². The van der Waals surface area contributed by atoms with Crippen LogP contribution in [0.5, 0.6) is 0 Å². The monoisotopic (exact) mass is 363 g/mol. The molecule has 1 N–H and O–H groups in total. The third-order valence-corrected chi connectivity index (χ3v) is 5.63. The van der Waals surface area contributed by atoms with Gasteiger partial charge in [-0.15, -0.1) is 0 Å². The molecule has 0 bridgehead atoms. The number of rotatable bonds is 5. The first-order valence-corrected chi connectivity index (χ1v) is 8.30. The van der Waals surface area contributed by atoms with Gasteiger partial charge in [0.1, 0.15) is 0 Å². The fourth-order valence-electron chi connectivity index (χ4n) is 1.83. The SMILES string of the molecule is Cc1c(Br)cc(C(=O)O)cc1S(=O)(=O)N(C)CC(C)C. The Morgan fingerprint density at radius 3 is 2.40 bits per heavy atom. The van der Waals surface area contributed by atoms with Crippen LogP contribution in [-0.4, -0.2) is 37.4 Å². The summed E-state index contributed by atoms with van der Waals surface area (Å²) in [6.45, 7) is 5.85. The average molecular weight is 364 g/mol. The second-order valence-corrected chi connectivity index (χ2v) is 7.93. The molecule has 20 heavy (non-hydrogen) atoms. The van der Waals surface area contributed by atoms with Crippen LogP contribution >= 0.6 is 15.9 Å². The van der Waals surface area contributed by atoms with Crippen molar-refractivity contribution in [3.05, 3.63) is 27.7 Å². The van der Waals surface area contributed by atoms with Crippen molar-refractivity contribution in [3.63, 3.8) is 0 Å². The van der Waals surface area contributed by atoms with E-state index < -0.39 is 16.0 Å². The van der Waals surface area contributed by atoms with Crippen LogP contribution in [-0.2, 0) is 10.0 Å². The third-order valence-electron chi connectivity index (χ3n) is 2.85. The first-order chi connectivity index (χ1) is 9.07. The standard InChI is InChI=1S/C13H18BrNO4S/c1-8(2)7-15(4)20(18,19)12-6-10(13(16)17)5-11(14)9(12)3/h5-6,8H,7H2,1-4H3,(H,16,17). The zero-order chi connectivity index (χ0) is 15.7. The van der Waals surface area contributed by atoms with Crippen LogP contribution in [0.4, 0.5) is 0 Å². The minimum atomic E-state index is -3.70. The minimum Gasteiger partial charge on any atom is -0.478 e. The normalized spacial score (nSPS) is 12.2. The Bertz CT molecular complexity index is 626. The molecule has 0 aliphatic carbocycles. The molecule has 1 aromatic rings. The minimum absolute atomic E-state index is 0.0208. The van der Waals surface area contributed by atoms with Gasteiger partial charge in [0, 0.05) is 18.1 Å². The molecule has 0 aromatic heterocycles. The first kappa shape index (κ1) is 17.1. The van der Waals surface area contributed by atoms with Gasteiger partial charge < -0.3 is 5.11 Å². The number of sulfonamides is 1. The Balaban J connectivity index is 3.41. The van der Waals surface area contributed by atoms with Crippen LogP contribution in [0.25, 0.3) is 0 Å². The van der Waals surface area contributed by atoms with Crippen molar-refractivity contribution in [2.75, 3.05) is 13.6 Å². The Morgan fingerprint density at radius 2 is 1.95 bits per heavy atom. The van der Waals surface area contributed by atoms with Crippen molar-refractivity contribution in [3.8, 4) is 0 Å². The summed E-state index contributed by atoms with van der Waals surface area (Å²) >= 11 is 3.21. The maximum absolute atomic E-state index is 12.5. The molecule has 0 spiro atoms. The Hall–Kier alpha value is -0.920. The van der Waals surface area contributed by atoms with E-state index in [1.807, 2.05) is 13.8 Å². The van der Waals surface area contributed by atoms with Gasteiger partial charge in [-0.1, -0.05) is 29.8 Å². The van der Waals surface area contributed by atoms with E-state index in [0.29, 0.717) is 16.6 Å². The molecule has 0 heterocycles. The number of nitrogens with zero attached hydrogens (tertiary/aromatic N) is 1. The molecular formula is C13H18BrNO4S. The van der Waals surface area contributed by atoms with Gasteiger partial charge in [0.15, 0.2) is 0 Å². The molecule has 0 radical (unpaired) electrons. The number of aromatic carboxylic acids is 1. The van der Waals surface area contributed by atoms with Crippen molar-refractivity contribution in [1.82, 2.24) is 4.31 Å². The summed E-state index contributed by atoms with van der Waals surface area (Å²) in [6.07, 6.45) is 0. The van der Waals surface area contributed by atoms with Gasteiger partial charge in [0.25, 0.3) is 0 Å². The van der Waals surface area contributed by atoms with Crippen molar-refractivity contribution >= 4 is 31.9 Å². The van der Waals surface area contributed by atoms with E-state index in [9.17, 15) is 13.2 Å². The lowest BCUT2D eigenvalue weighted by Gasteiger charge is -2.21. The van der Waals surface area contributed by atoms with Crippen LogP contribution in [0, 0.1) is 12.8 Å². The van der Waals surface area contributed by atoms with Crippen molar-refractivity contribution < 1.29 is 18.3 Å². The lowest BCUT2D eigenvalue weighted by atomic mass is 10.1. The van der Waals surface area contributed by atoms with Crippen LogP contribution in [0.15, 0.2) is 21.5 Å². The van der Waals surface area contributed by atoms with Crippen LogP contribution in [0.1, 0.15) is 29.8 Å². The van der Waals surface area contributed by atoms with E-state index in [2.05, 4.69) is 15.9 Å². The van der Waals surface area contributed by atoms with Gasteiger partial charge in [-0.25, -0.2) is 17.5 Å². The summed E-state index contributed by atoms with van der Waals surface area (Å²) in [5.74, 6) is -0.977. The molecule has 5 nitrogen and oxygen atoms in total. The van der Waals surface area contributed by atoms with E-state index in [4.69, 9.17) is 5.11 Å². The van der Waals surface area contributed by atoms with Crippen molar-refractivity contribution in [2.24, 2.45) is 5.92 Å². The topological polar surface area (TPSA) is 74.7 Å². The van der Waals surface area contributed by atoms with Gasteiger partial charge in [0.05, 0.1) is 10.5 Å². The molecule has 0 aliphatic rings. The second-order valence-electron chi connectivity index (χ2n) is 5.07. The maximum Gasteiger partial charge on any atom is 0.335 e. The second kappa shape index (κ2) is 6.24. The number of carboxylic acid groups (broad SMARTS) is 1. The van der Waals surface area contributed by atoms with Gasteiger partial charge in [-0.3, -0.25) is 0 Å². The molecule has 0 unspecified atom stereocenters. The number of halogens is 1. The molecule has 1 aromatic carbocycles. The maximum atomic E-state index is 12.5. The van der Waals surface area contributed by atoms with E-state index >= 15 is 0 Å². The molecule has 0 amide bonds. The summed E-state index contributed by atoms with van der Waals surface area (Å²) in [7, 11) is -2.21. The van der Waals surface area contributed by atoms with Gasteiger partial charge >= 0.3 is 5.97 Å². The molecule has 1 rings (SSSR count). The number of hydrogen-bond donors (Lipinski definition) is 1. The molecule has 7 heteroatoms. The number of carbonyl (C=O) groups is 1. The lowest BCUT2D eigenvalue weighted by molar-refractivity contribution is 0.0696. The van der Waals surface area contributed by atoms with Gasteiger partial charge in [0.2, 0.25) is 10.0 Å². The highest BCUT2D eigenvalue weighted by atomic mass is 79.9. The summed E-state index contributed by atoms with van der Waals surface area (Å²) < 4.78 is 26.8. The average Bonchev–Trinajstić information content (AvgIpc) is 2.30. The molecule has 0 saturated heterocycles. The fraction of sp³-hybridized carbons (Fsp3) is 0.462. The Kier molecular flexibility index (Phi) is 5.34. The van der Waals surface area contributed by atoms with E-state index in [-0.39, 0.29) is 16.4 Å². The van der Waals surface area contributed by atoms with Gasteiger partial charge in [-0.2, -0.15) is 0 Å².